The molecule has 0 aliphatic carbocycles. The molecule has 1 rings (SSSR count). The van der Waals surface area contributed by atoms with E-state index in [-0.39, 0.29) is 0 Å². The standard InChI is InChI=1S/C9H13NO.C9H19N.3C2H6/c1-5-9(6-11)8(4)10-7(2)3;1-3-4-9-5-7-10(2)8-6-9;3*1-2/h5-6H,2H2,1,3-4H3;9H,3-8H2,1-2H3;3*1-2H3/b9-5-,10-8?;;;;. The molecule has 0 atom stereocenters. The van der Waals surface area contributed by atoms with Crippen molar-refractivity contribution < 1.29 is 4.79 Å². The van der Waals surface area contributed by atoms with Gasteiger partial charge in [-0.2, -0.15) is 0 Å². The highest BCUT2D eigenvalue weighted by molar-refractivity contribution is 6.13. The van der Waals surface area contributed by atoms with Crippen molar-refractivity contribution in [2.24, 2.45) is 10.9 Å². The number of hydrogen-bond donors (Lipinski definition) is 0. The molecule has 0 spiro atoms. The first-order valence-electron chi connectivity index (χ1n) is 11.0. The summed E-state index contributed by atoms with van der Waals surface area (Å²) in [5.41, 5.74) is 2.05. The molecular weight excluding hydrogens is 332 g/mol. The number of carbonyl (C=O) groups is 1. The third-order valence-corrected chi connectivity index (χ3v) is 3.75. The van der Waals surface area contributed by atoms with Gasteiger partial charge in [0, 0.05) is 17.0 Å². The zero-order valence-electron chi connectivity index (χ0n) is 20.5. The van der Waals surface area contributed by atoms with Gasteiger partial charge in [-0.1, -0.05) is 74.0 Å². The summed E-state index contributed by atoms with van der Waals surface area (Å²) < 4.78 is 0. The van der Waals surface area contributed by atoms with E-state index in [9.17, 15) is 4.79 Å². The second kappa shape index (κ2) is 27.0. The largest absolute Gasteiger partial charge is 0.306 e. The summed E-state index contributed by atoms with van der Waals surface area (Å²) in [7, 11) is 2.22. The normalized spacial score (nSPS) is 14.6. The first kappa shape index (κ1) is 33.4. The van der Waals surface area contributed by atoms with Crippen molar-refractivity contribution in [3.8, 4) is 0 Å². The Bertz CT molecular complexity index is 376. The monoisotopic (exact) mass is 382 g/mol. The molecule has 162 valence electrons. The lowest BCUT2D eigenvalue weighted by atomic mass is 9.93. The van der Waals surface area contributed by atoms with E-state index in [1.807, 2.05) is 41.5 Å². The van der Waals surface area contributed by atoms with Crippen molar-refractivity contribution in [1.82, 2.24) is 4.90 Å². The lowest BCUT2D eigenvalue weighted by Crippen LogP contribution is -2.29. The van der Waals surface area contributed by atoms with Crippen LogP contribution >= 0.6 is 0 Å². The van der Waals surface area contributed by atoms with Gasteiger partial charge in [-0.25, -0.2) is 0 Å². The second-order valence-electron chi connectivity index (χ2n) is 5.83. The maximum absolute atomic E-state index is 10.4. The van der Waals surface area contributed by atoms with Gasteiger partial charge in [0.15, 0.2) is 6.29 Å². The third-order valence-electron chi connectivity index (χ3n) is 3.75. The van der Waals surface area contributed by atoms with Gasteiger partial charge < -0.3 is 4.90 Å². The molecule has 0 radical (unpaired) electrons. The summed E-state index contributed by atoms with van der Waals surface area (Å²) in [5.74, 6) is 1.04. The molecule has 0 aromatic rings. The molecule has 1 aliphatic heterocycles. The Balaban J connectivity index is -0.000000153. The van der Waals surface area contributed by atoms with E-state index in [0.29, 0.717) is 11.3 Å². The average molecular weight is 383 g/mol. The maximum atomic E-state index is 10.4. The van der Waals surface area contributed by atoms with Crippen molar-refractivity contribution in [2.75, 3.05) is 20.1 Å². The van der Waals surface area contributed by atoms with E-state index in [0.717, 1.165) is 17.9 Å². The van der Waals surface area contributed by atoms with E-state index in [1.54, 1.807) is 26.8 Å². The summed E-state index contributed by atoms with van der Waals surface area (Å²) >= 11 is 0. The summed E-state index contributed by atoms with van der Waals surface area (Å²) in [5, 5.41) is 0. The van der Waals surface area contributed by atoms with Crippen molar-refractivity contribution in [3.05, 3.63) is 23.9 Å². The van der Waals surface area contributed by atoms with Crippen LogP contribution < -0.4 is 0 Å². The molecule has 1 saturated heterocycles. The second-order valence-corrected chi connectivity index (χ2v) is 5.83. The number of hydrogen-bond acceptors (Lipinski definition) is 3. The van der Waals surface area contributed by atoms with Crippen molar-refractivity contribution in [1.29, 1.82) is 0 Å². The fraction of sp³-hybridized carbons (Fsp3) is 0.750. The van der Waals surface area contributed by atoms with Gasteiger partial charge in [0.05, 0.1) is 0 Å². The molecule has 1 aliphatic rings. The summed E-state index contributed by atoms with van der Waals surface area (Å²) in [6.07, 6.45) is 8.22. The summed E-state index contributed by atoms with van der Waals surface area (Å²) in [6.45, 7) is 25.9. The van der Waals surface area contributed by atoms with Gasteiger partial charge >= 0.3 is 0 Å². The van der Waals surface area contributed by atoms with Gasteiger partial charge in [-0.05, 0) is 59.7 Å². The lowest BCUT2D eigenvalue weighted by molar-refractivity contribution is -0.104. The number of likely N-dealkylation sites (tertiary alicyclic amines) is 1. The zero-order valence-corrected chi connectivity index (χ0v) is 20.5. The smallest absolute Gasteiger partial charge is 0.151 e. The average Bonchev–Trinajstić information content (AvgIpc) is 2.69. The predicted octanol–water partition coefficient (Wildman–Crippen LogP) is 7.33. The minimum Gasteiger partial charge on any atom is -0.306 e. The first-order valence-corrected chi connectivity index (χ1v) is 11.0. The number of rotatable bonds is 5. The van der Waals surface area contributed by atoms with Gasteiger partial charge in [-0.3, -0.25) is 9.79 Å². The Kier molecular flexibility index (Phi) is 33.4. The summed E-state index contributed by atoms with van der Waals surface area (Å²) in [6, 6.07) is 0. The number of nitrogens with zero attached hydrogens (tertiary/aromatic N) is 2. The predicted molar refractivity (Wildman–Crippen MR) is 127 cm³/mol. The molecule has 0 unspecified atom stereocenters. The van der Waals surface area contributed by atoms with E-state index >= 15 is 0 Å². The minimum atomic E-state index is 0.619. The Morgan fingerprint density at radius 1 is 1.07 bits per heavy atom. The van der Waals surface area contributed by atoms with Crippen LogP contribution in [-0.2, 0) is 4.79 Å². The van der Waals surface area contributed by atoms with Crippen LogP contribution in [0.5, 0.6) is 0 Å². The molecule has 0 N–H and O–H groups in total. The lowest BCUT2D eigenvalue weighted by Gasteiger charge is -2.28. The highest BCUT2D eigenvalue weighted by Gasteiger charge is 2.14. The molecule has 0 aromatic carbocycles. The Morgan fingerprint density at radius 3 is 1.81 bits per heavy atom. The number of aldehydes is 1. The fourth-order valence-corrected chi connectivity index (χ4v) is 2.47. The zero-order chi connectivity index (χ0) is 22.3. The van der Waals surface area contributed by atoms with Gasteiger partial charge in [0.1, 0.15) is 0 Å². The van der Waals surface area contributed by atoms with Crippen molar-refractivity contribution in [3.63, 3.8) is 0 Å². The fourth-order valence-electron chi connectivity index (χ4n) is 2.47. The van der Waals surface area contributed by atoms with Crippen LogP contribution in [0.3, 0.4) is 0 Å². The summed E-state index contributed by atoms with van der Waals surface area (Å²) in [4.78, 5) is 16.9. The van der Waals surface area contributed by atoms with Gasteiger partial charge in [0.25, 0.3) is 0 Å². The van der Waals surface area contributed by atoms with Crippen LogP contribution in [-0.4, -0.2) is 37.0 Å². The van der Waals surface area contributed by atoms with Gasteiger partial charge in [0.2, 0.25) is 0 Å². The van der Waals surface area contributed by atoms with Crippen LogP contribution in [0.2, 0.25) is 0 Å². The highest BCUT2D eigenvalue weighted by Crippen LogP contribution is 2.20. The molecular formula is C24H50N2O. The van der Waals surface area contributed by atoms with E-state index < -0.39 is 0 Å². The van der Waals surface area contributed by atoms with Crippen LogP contribution in [0.15, 0.2) is 28.9 Å². The van der Waals surface area contributed by atoms with Crippen molar-refractivity contribution >= 4 is 12.0 Å². The number of piperidine rings is 1. The Labute approximate surface area is 172 Å². The molecule has 0 aromatic heterocycles. The van der Waals surface area contributed by atoms with Crippen molar-refractivity contribution in [2.45, 2.75) is 94.9 Å². The molecule has 0 bridgehead atoms. The highest BCUT2D eigenvalue weighted by atomic mass is 16.1. The van der Waals surface area contributed by atoms with E-state index in [2.05, 4.69) is 30.4 Å². The number of carbonyl (C=O) groups excluding carboxylic acids is 1. The first-order chi connectivity index (χ1) is 12.9. The molecule has 0 saturated carbocycles. The van der Waals surface area contributed by atoms with Gasteiger partial charge in [-0.15, -0.1) is 0 Å². The molecule has 0 amide bonds. The van der Waals surface area contributed by atoms with E-state index in [1.165, 1.54) is 38.8 Å². The van der Waals surface area contributed by atoms with Crippen LogP contribution in [0.1, 0.15) is 94.9 Å². The molecule has 1 heterocycles. The number of aliphatic imine (C=N–C) groups is 1. The Morgan fingerprint density at radius 2 is 1.52 bits per heavy atom. The molecule has 27 heavy (non-hydrogen) atoms. The topological polar surface area (TPSA) is 32.7 Å². The Hall–Kier alpha value is -1.22. The quantitative estimate of drug-likeness (QED) is 0.283. The molecule has 1 fully saturated rings. The van der Waals surface area contributed by atoms with E-state index in [4.69, 9.17) is 0 Å². The maximum Gasteiger partial charge on any atom is 0.151 e. The van der Waals surface area contributed by atoms with Crippen LogP contribution in [0, 0.1) is 5.92 Å². The van der Waals surface area contributed by atoms with Crippen LogP contribution in [0.25, 0.3) is 0 Å². The van der Waals surface area contributed by atoms with Crippen LogP contribution in [0.4, 0.5) is 0 Å². The molecule has 3 heteroatoms. The molecule has 3 nitrogen and oxygen atoms in total. The third kappa shape index (κ3) is 22.7. The SMILES string of the molecule is C=C(C)N=C(C)/C(C=O)=C\C.CC.CC.CC.CCCC1CCN(C)CC1. The number of allylic oxidation sites excluding steroid dienone is 3. The minimum absolute atomic E-state index is 0.619.